The normalized spacial score (nSPS) is 10.7. The number of hydrogen-bond acceptors (Lipinski definition) is 4. The van der Waals surface area contributed by atoms with Gasteiger partial charge in [0.25, 0.3) is 5.91 Å². The summed E-state index contributed by atoms with van der Waals surface area (Å²) >= 11 is 1.05. The van der Waals surface area contributed by atoms with Gasteiger partial charge in [0.15, 0.2) is 11.5 Å². The Labute approximate surface area is 122 Å². The van der Waals surface area contributed by atoms with Gasteiger partial charge in [0, 0.05) is 0 Å². The van der Waals surface area contributed by atoms with Crippen LogP contribution in [0.25, 0.3) is 0 Å². The van der Waals surface area contributed by atoms with Crippen molar-refractivity contribution in [3.63, 3.8) is 0 Å². The van der Waals surface area contributed by atoms with Gasteiger partial charge in [-0.2, -0.15) is 0 Å². The first-order chi connectivity index (χ1) is 9.48. The average Bonchev–Trinajstić information content (AvgIpc) is 2.91. The SMILES string of the molecule is C#CC(CC)(CC)NC(=O)COc1ccsc1C(=O)O. The van der Waals surface area contributed by atoms with Crippen molar-refractivity contribution < 1.29 is 19.4 Å². The van der Waals surface area contributed by atoms with Crippen molar-refractivity contribution in [3.8, 4) is 18.1 Å². The van der Waals surface area contributed by atoms with Crippen molar-refractivity contribution in [2.45, 2.75) is 32.2 Å². The quantitative estimate of drug-likeness (QED) is 0.756. The van der Waals surface area contributed by atoms with E-state index < -0.39 is 11.5 Å². The summed E-state index contributed by atoms with van der Waals surface area (Å²) < 4.78 is 5.23. The van der Waals surface area contributed by atoms with Crippen LogP contribution in [-0.4, -0.2) is 29.1 Å². The minimum atomic E-state index is -1.07. The van der Waals surface area contributed by atoms with Crippen LogP contribution in [0.1, 0.15) is 36.4 Å². The van der Waals surface area contributed by atoms with Crippen LogP contribution in [0.4, 0.5) is 0 Å². The third kappa shape index (κ3) is 3.75. The van der Waals surface area contributed by atoms with Gasteiger partial charge in [-0.15, -0.1) is 17.8 Å². The molecule has 0 aliphatic carbocycles. The van der Waals surface area contributed by atoms with E-state index in [0.717, 1.165) is 11.3 Å². The number of nitrogens with one attached hydrogen (secondary N) is 1. The number of carbonyl (C=O) groups is 2. The second kappa shape index (κ2) is 6.96. The van der Waals surface area contributed by atoms with Crippen molar-refractivity contribution in [3.05, 3.63) is 16.3 Å². The zero-order chi connectivity index (χ0) is 15.2. The van der Waals surface area contributed by atoms with Crippen LogP contribution in [0, 0.1) is 12.3 Å². The zero-order valence-electron chi connectivity index (χ0n) is 11.4. The summed E-state index contributed by atoms with van der Waals surface area (Å²) in [5, 5.41) is 13.3. The predicted octanol–water partition coefficient (Wildman–Crippen LogP) is 2.13. The molecule has 108 valence electrons. The number of carboxylic acids is 1. The van der Waals surface area contributed by atoms with Crippen LogP contribution < -0.4 is 10.1 Å². The molecule has 1 aromatic rings. The monoisotopic (exact) mass is 295 g/mol. The summed E-state index contributed by atoms with van der Waals surface area (Å²) in [6, 6.07) is 1.52. The molecule has 1 amide bonds. The summed E-state index contributed by atoms with van der Waals surface area (Å²) in [4.78, 5) is 22.8. The zero-order valence-corrected chi connectivity index (χ0v) is 12.3. The molecule has 1 heterocycles. The Morgan fingerprint density at radius 1 is 1.50 bits per heavy atom. The molecule has 0 saturated heterocycles. The lowest BCUT2D eigenvalue weighted by atomic mass is 9.94. The standard InChI is InChI=1S/C14H17NO4S/c1-4-14(5-2,6-3)15-11(16)9-19-10-7-8-20-12(10)13(17)18/h1,7-8H,5-6,9H2,2-3H3,(H,15,16)(H,17,18). The lowest BCUT2D eigenvalue weighted by Gasteiger charge is -2.26. The highest BCUT2D eigenvalue weighted by molar-refractivity contribution is 7.12. The van der Waals surface area contributed by atoms with Gasteiger partial charge < -0.3 is 15.2 Å². The van der Waals surface area contributed by atoms with Crippen LogP contribution in [0.15, 0.2) is 11.4 Å². The number of hydrogen-bond donors (Lipinski definition) is 2. The van der Waals surface area contributed by atoms with Crippen LogP contribution in [0.5, 0.6) is 5.75 Å². The second-order valence-corrected chi connectivity index (χ2v) is 5.11. The van der Waals surface area contributed by atoms with E-state index in [1.165, 1.54) is 6.07 Å². The highest BCUT2D eigenvalue weighted by atomic mass is 32.1. The Hall–Kier alpha value is -2.00. The van der Waals surface area contributed by atoms with Gasteiger partial charge >= 0.3 is 5.97 Å². The molecule has 2 N–H and O–H groups in total. The highest BCUT2D eigenvalue weighted by Gasteiger charge is 2.25. The molecular formula is C14H17NO4S. The van der Waals surface area contributed by atoms with Gasteiger partial charge in [0.2, 0.25) is 0 Å². The number of carbonyl (C=O) groups excluding carboxylic acids is 1. The number of carboxylic acid groups (broad SMARTS) is 1. The first-order valence-electron chi connectivity index (χ1n) is 6.20. The molecule has 1 aromatic heterocycles. The average molecular weight is 295 g/mol. The Morgan fingerprint density at radius 2 is 2.15 bits per heavy atom. The molecule has 5 nitrogen and oxygen atoms in total. The fraction of sp³-hybridized carbons (Fsp3) is 0.429. The third-order valence-electron chi connectivity index (χ3n) is 3.04. The first-order valence-corrected chi connectivity index (χ1v) is 7.08. The summed E-state index contributed by atoms with van der Waals surface area (Å²) in [5.41, 5.74) is -0.676. The van der Waals surface area contributed by atoms with E-state index in [4.69, 9.17) is 16.3 Å². The summed E-state index contributed by atoms with van der Waals surface area (Å²) in [5.74, 6) is 1.34. The lowest BCUT2D eigenvalue weighted by Crippen LogP contribution is -2.48. The van der Waals surface area contributed by atoms with Crippen molar-refractivity contribution in [1.82, 2.24) is 5.32 Å². The van der Waals surface area contributed by atoms with Gasteiger partial charge in [-0.05, 0) is 24.3 Å². The number of aromatic carboxylic acids is 1. The minimum Gasteiger partial charge on any atom is -0.482 e. The van der Waals surface area contributed by atoms with Crippen molar-refractivity contribution in [2.24, 2.45) is 0 Å². The fourth-order valence-corrected chi connectivity index (χ4v) is 2.35. The van der Waals surface area contributed by atoms with E-state index in [1.807, 2.05) is 13.8 Å². The maximum absolute atomic E-state index is 11.8. The molecule has 0 aliphatic rings. The van der Waals surface area contributed by atoms with Gasteiger partial charge in [0.1, 0.15) is 11.3 Å². The molecule has 0 bridgehead atoms. The maximum atomic E-state index is 11.8. The molecule has 0 aromatic carbocycles. The molecule has 0 saturated carbocycles. The van der Waals surface area contributed by atoms with Gasteiger partial charge in [-0.1, -0.05) is 19.8 Å². The lowest BCUT2D eigenvalue weighted by molar-refractivity contribution is -0.124. The number of ether oxygens (including phenoxy) is 1. The smallest absolute Gasteiger partial charge is 0.349 e. The van der Waals surface area contributed by atoms with Gasteiger partial charge in [0.05, 0.1) is 0 Å². The Balaban J connectivity index is 2.62. The van der Waals surface area contributed by atoms with Crippen molar-refractivity contribution >= 4 is 23.2 Å². The number of rotatable bonds is 7. The van der Waals surface area contributed by atoms with Crippen LogP contribution >= 0.6 is 11.3 Å². The fourth-order valence-electron chi connectivity index (χ4n) is 1.68. The number of terminal acetylenes is 1. The minimum absolute atomic E-state index is 0.0759. The predicted molar refractivity (Wildman–Crippen MR) is 77.1 cm³/mol. The van der Waals surface area contributed by atoms with Gasteiger partial charge in [-0.25, -0.2) is 4.79 Å². The van der Waals surface area contributed by atoms with Crippen LogP contribution in [0.2, 0.25) is 0 Å². The molecule has 0 radical (unpaired) electrons. The second-order valence-electron chi connectivity index (χ2n) is 4.19. The number of amides is 1. The van der Waals surface area contributed by atoms with Crippen molar-refractivity contribution in [1.29, 1.82) is 0 Å². The molecular weight excluding hydrogens is 278 g/mol. The Kier molecular flexibility index (Phi) is 5.59. The summed E-state index contributed by atoms with van der Waals surface area (Å²) in [6.07, 6.45) is 6.68. The van der Waals surface area contributed by atoms with Crippen LogP contribution in [0.3, 0.4) is 0 Å². The Bertz CT molecular complexity index is 526. The van der Waals surface area contributed by atoms with E-state index >= 15 is 0 Å². The molecule has 0 atom stereocenters. The van der Waals surface area contributed by atoms with E-state index in [1.54, 1.807) is 5.38 Å². The van der Waals surface area contributed by atoms with E-state index in [-0.39, 0.29) is 23.1 Å². The van der Waals surface area contributed by atoms with Crippen molar-refractivity contribution in [2.75, 3.05) is 6.61 Å². The maximum Gasteiger partial charge on any atom is 0.349 e. The van der Waals surface area contributed by atoms with Crippen LogP contribution in [-0.2, 0) is 4.79 Å². The largest absolute Gasteiger partial charge is 0.482 e. The highest BCUT2D eigenvalue weighted by Crippen LogP contribution is 2.24. The summed E-state index contributed by atoms with van der Waals surface area (Å²) in [6.45, 7) is 3.53. The summed E-state index contributed by atoms with van der Waals surface area (Å²) in [7, 11) is 0. The molecule has 0 aliphatic heterocycles. The first kappa shape index (κ1) is 16.1. The number of thiophene rings is 1. The molecule has 6 heteroatoms. The third-order valence-corrected chi connectivity index (χ3v) is 3.93. The van der Waals surface area contributed by atoms with E-state index in [2.05, 4.69) is 11.2 Å². The van der Waals surface area contributed by atoms with Gasteiger partial charge in [-0.3, -0.25) is 4.79 Å². The Morgan fingerprint density at radius 3 is 2.65 bits per heavy atom. The molecule has 1 rings (SSSR count). The molecule has 20 heavy (non-hydrogen) atoms. The molecule has 0 spiro atoms. The topological polar surface area (TPSA) is 75.6 Å². The van der Waals surface area contributed by atoms with E-state index in [0.29, 0.717) is 12.8 Å². The molecule has 0 fully saturated rings. The molecule has 0 unspecified atom stereocenters. The van der Waals surface area contributed by atoms with E-state index in [9.17, 15) is 9.59 Å².